The second-order valence-electron chi connectivity index (χ2n) is 7.87. The molecule has 10 heteroatoms. The van der Waals surface area contributed by atoms with Gasteiger partial charge in [-0.3, -0.25) is 9.59 Å². The molecule has 203 valence electrons. The van der Waals surface area contributed by atoms with E-state index in [2.05, 4.69) is 22.9 Å². The Morgan fingerprint density at radius 1 is 0.667 bits per heavy atom. The van der Waals surface area contributed by atoms with Gasteiger partial charge in [-0.1, -0.05) is 113 Å². The van der Waals surface area contributed by atoms with Gasteiger partial charge in [0.1, 0.15) is 0 Å². The first-order valence-electron chi connectivity index (χ1n) is 12.1. The third-order valence-corrected chi connectivity index (χ3v) is 5.33. The van der Waals surface area contributed by atoms with Crippen molar-refractivity contribution in [1.29, 1.82) is 0 Å². The first kappa shape index (κ1) is 39.6. The number of carbonyl (C=O) groups is 2. The normalized spacial score (nSPS) is 9.52. The van der Waals surface area contributed by atoms with Crippen LogP contribution in [0.5, 0.6) is 0 Å². The molecule has 0 saturated heterocycles. The zero-order valence-electron chi connectivity index (χ0n) is 20.2. The molecule has 0 fully saturated rings. The van der Waals surface area contributed by atoms with Crippen molar-refractivity contribution >= 4 is 27.9 Å². The number of unbranched alkanes of at least 4 members (excludes halogenated alkanes) is 15. The van der Waals surface area contributed by atoms with Gasteiger partial charge in [-0.15, -0.1) is 10.1 Å². The molecule has 0 aliphatic rings. The van der Waals surface area contributed by atoms with E-state index in [0.717, 1.165) is 31.0 Å². The fraction of sp³-hybridized carbons (Fsp3) is 0.913. The number of hydrogen-bond donors (Lipinski definition) is 3. The Kier molecular flexibility index (Phi) is 43.1. The number of carboxylic acid groups (broad SMARTS) is 2. The topological polar surface area (TPSA) is 138 Å². The van der Waals surface area contributed by atoms with Crippen LogP contribution in [0.4, 0.5) is 0 Å². The maximum atomic E-state index is 10.2. The van der Waals surface area contributed by atoms with Crippen molar-refractivity contribution in [2.24, 2.45) is 0 Å². The van der Waals surface area contributed by atoms with Crippen LogP contribution in [0.2, 0.25) is 0 Å². The number of nitrogens with zero attached hydrogens (tertiary/aromatic N) is 1. The summed E-state index contributed by atoms with van der Waals surface area (Å²) in [4.78, 5) is 28.8. The molecule has 0 amide bonds. The van der Waals surface area contributed by atoms with E-state index < -0.39 is 17.0 Å². The van der Waals surface area contributed by atoms with Gasteiger partial charge in [0.2, 0.25) is 0 Å². The van der Waals surface area contributed by atoms with E-state index in [1.54, 1.807) is 0 Å². The van der Waals surface area contributed by atoms with Crippen LogP contribution in [-0.4, -0.2) is 37.8 Å². The van der Waals surface area contributed by atoms with Crippen LogP contribution in [0.25, 0.3) is 0 Å². The molecule has 8 nitrogen and oxygen atoms in total. The minimum absolute atomic E-state index is 0. The molecule has 0 saturated carbocycles. The van der Waals surface area contributed by atoms with Gasteiger partial charge in [0, 0.05) is 40.6 Å². The Labute approximate surface area is 224 Å². The zero-order chi connectivity index (χ0) is 24.9. The molecule has 0 aromatic heterocycles. The molecule has 0 aliphatic carbocycles. The number of alkyl halides is 1. The first-order valence-corrected chi connectivity index (χ1v) is 13.2. The Morgan fingerprint density at radius 3 is 1.15 bits per heavy atom. The second kappa shape index (κ2) is 35.9. The maximum absolute atomic E-state index is 10.2. The number of rotatable bonds is 20. The van der Waals surface area contributed by atoms with Gasteiger partial charge in [0.15, 0.2) is 0 Å². The van der Waals surface area contributed by atoms with Crippen molar-refractivity contribution in [2.75, 3.05) is 5.33 Å². The van der Waals surface area contributed by atoms with Gasteiger partial charge in [0.25, 0.3) is 5.09 Å². The third-order valence-electron chi connectivity index (χ3n) is 4.77. The minimum atomic E-state index is -1.50. The monoisotopic (exact) mass is 634 g/mol. The summed E-state index contributed by atoms with van der Waals surface area (Å²) in [5.41, 5.74) is 0. The quantitative estimate of drug-likeness (QED) is 0.0411. The number of halogens is 1. The molecular formula is C23H46AgBrNO7. The predicted molar refractivity (Wildman–Crippen MR) is 131 cm³/mol. The Balaban J connectivity index is -0.000000213. The van der Waals surface area contributed by atoms with E-state index in [0.29, 0.717) is 12.8 Å². The largest absolute Gasteiger partial charge is 0.481 e. The molecule has 0 aromatic carbocycles. The van der Waals surface area contributed by atoms with Crippen molar-refractivity contribution in [1.82, 2.24) is 0 Å². The van der Waals surface area contributed by atoms with Crippen molar-refractivity contribution in [2.45, 2.75) is 129 Å². The average molecular weight is 636 g/mol. The summed E-state index contributed by atoms with van der Waals surface area (Å²) < 4.78 is 0. The summed E-state index contributed by atoms with van der Waals surface area (Å²) >= 11 is 3.41. The fourth-order valence-electron chi connectivity index (χ4n) is 3.02. The molecule has 0 spiro atoms. The van der Waals surface area contributed by atoms with Crippen LogP contribution in [0.15, 0.2) is 0 Å². The van der Waals surface area contributed by atoms with E-state index in [1.807, 2.05) is 0 Å². The molecule has 0 atom stereocenters. The zero-order valence-corrected chi connectivity index (χ0v) is 23.3. The number of aliphatic carboxylic acids is 2. The molecule has 0 aliphatic heterocycles. The van der Waals surface area contributed by atoms with Crippen molar-refractivity contribution < 1.29 is 52.5 Å². The third kappa shape index (κ3) is 59.2. The van der Waals surface area contributed by atoms with E-state index >= 15 is 0 Å². The molecule has 1 radical (unpaired) electrons. The van der Waals surface area contributed by atoms with Crippen LogP contribution in [-0.2, 0) is 32.0 Å². The van der Waals surface area contributed by atoms with Gasteiger partial charge >= 0.3 is 11.9 Å². The SMILES string of the molecule is CCCCCCCCCCCC(=O)O.O=C(O)CCCCCCCCCCBr.O=[N+]([O-])O.[Ag]. The smallest absolute Gasteiger partial charge is 0.303 e. The fourth-order valence-corrected chi connectivity index (χ4v) is 3.41. The molecule has 33 heavy (non-hydrogen) atoms. The Morgan fingerprint density at radius 2 is 0.909 bits per heavy atom. The summed E-state index contributed by atoms with van der Waals surface area (Å²) in [5, 5.41) is 31.6. The van der Waals surface area contributed by atoms with Crippen LogP contribution < -0.4 is 0 Å². The van der Waals surface area contributed by atoms with Gasteiger partial charge < -0.3 is 15.4 Å². The van der Waals surface area contributed by atoms with Crippen molar-refractivity contribution in [3.63, 3.8) is 0 Å². The predicted octanol–water partition coefficient (Wildman–Crippen LogP) is 7.62. The Bertz CT molecular complexity index is 394. The molecule has 0 aromatic rings. The summed E-state index contributed by atoms with van der Waals surface area (Å²) in [6.45, 7) is 2.23. The molecule has 3 N–H and O–H groups in total. The van der Waals surface area contributed by atoms with Crippen LogP contribution in [0, 0.1) is 10.1 Å². The van der Waals surface area contributed by atoms with Crippen LogP contribution in [0.3, 0.4) is 0 Å². The summed E-state index contributed by atoms with van der Waals surface area (Å²) in [6.07, 6.45) is 21.4. The maximum Gasteiger partial charge on any atom is 0.303 e. The molecule has 0 bridgehead atoms. The molecule has 0 unspecified atom stereocenters. The van der Waals surface area contributed by atoms with E-state index in [4.69, 9.17) is 25.5 Å². The first-order chi connectivity index (χ1) is 15.3. The average Bonchev–Trinajstić information content (AvgIpc) is 2.71. The molecule has 0 rings (SSSR count). The summed E-state index contributed by atoms with van der Waals surface area (Å²) in [5.74, 6) is -1.32. The van der Waals surface area contributed by atoms with E-state index in [1.165, 1.54) is 83.5 Å². The van der Waals surface area contributed by atoms with Crippen molar-refractivity contribution in [3.8, 4) is 0 Å². The summed E-state index contributed by atoms with van der Waals surface area (Å²) in [7, 11) is 0. The minimum Gasteiger partial charge on any atom is -0.481 e. The van der Waals surface area contributed by atoms with Crippen LogP contribution in [0.1, 0.15) is 129 Å². The van der Waals surface area contributed by atoms with Crippen molar-refractivity contribution in [3.05, 3.63) is 10.1 Å². The van der Waals surface area contributed by atoms with E-state index in [-0.39, 0.29) is 22.4 Å². The number of carboxylic acids is 2. The standard InChI is InChI=1S/C12H24O2.C11H21BrO2.Ag.HNO3/c1-2-3-4-5-6-7-8-9-10-11-12(13)14;12-10-8-6-4-2-1-3-5-7-9-11(13)14;;2-1(3)4/h2-11H2,1H3,(H,13,14);1-10H2,(H,13,14);;(H,2,3,4). The van der Waals surface area contributed by atoms with Crippen LogP contribution >= 0.6 is 15.9 Å². The van der Waals surface area contributed by atoms with Gasteiger partial charge in [-0.2, -0.15) is 0 Å². The second-order valence-corrected chi connectivity index (χ2v) is 8.66. The van der Waals surface area contributed by atoms with Gasteiger partial charge in [-0.25, -0.2) is 0 Å². The summed E-state index contributed by atoms with van der Waals surface area (Å²) in [6, 6.07) is 0. The van der Waals surface area contributed by atoms with Gasteiger partial charge in [-0.05, 0) is 19.3 Å². The number of hydrogen-bond acceptors (Lipinski definition) is 4. The van der Waals surface area contributed by atoms with Gasteiger partial charge in [0.05, 0.1) is 0 Å². The molecule has 0 heterocycles. The Hall–Kier alpha value is -0.640. The van der Waals surface area contributed by atoms with E-state index in [9.17, 15) is 9.59 Å². The molecular weight excluding hydrogens is 590 g/mol.